The third-order valence-electron chi connectivity index (χ3n) is 2.66. The average molecular weight is 239 g/mol. The van der Waals surface area contributed by atoms with Crippen molar-refractivity contribution in [2.75, 3.05) is 6.54 Å². The van der Waals surface area contributed by atoms with E-state index < -0.39 is 0 Å². The van der Waals surface area contributed by atoms with Crippen LogP contribution in [-0.2, 0) is 11.2 Å². The van der Waals surface area contributed by atoms with Gasteiger partial charge in [0.2, 0.25) is 0 Å². The zero-order valence-electron chi connectivity index (χ0n) is 9.08. The van der Waals surface area contributed by atoms with Gasteiger partial charge >= 0.3 is 0 Å². The standard InChI is InChI=1S/C12H15ClN2O/c13-12-8-14-5-3-9(12)7-11(16)4-6-15-10-1-2-10/h3,5,8,10,15H,1-2,4,6-7H2. The van der Waals surface area contributed by atoms with Crippen molar-refractivity contribution in [2.24, 2.45) is 0 Å². The van der Waals surface area contributed by atoms with Crippen LogP contribution in [0.15, 0.2) is 18.5 Å². The highest BCUT2D eigenvalue weighted by Crippen LogP contribution is 2.18. The molecule has 16 heavy (non-hydrogen) atoms. The lowest BCUT2D eigenvalue weighted by atomic mass is 10.1. The van der Waals surface area contributed by atoms with Crippen LogP contribution in [0.3, 0.4) is 0 Å². The van der Waals surface area contributed by atoms with Crippen molar-refractivity contribution in [3.05, 3.63) is 29.0 Å². The van der Waals surface area contributed by atoms with Crippen molar-refractivity contribution < 1.29 is 4.79 Å². The smallest absolute Gasteiger partial charge is 0.138 e. The minimum Gasteiger partial charge on any atom is -0.314 e. The third kappa shape index (κ3) is 3.58. The Morgan fingerprint density at radius 2 is 2.38 bits per heavy atom. The van der Waals surface area contributed by atoms with Gasteiger partial charge in [0.05, 0.1) is 5.02 Å². The van der Waals surface area contributed by atoms with Crippen molar-refractivity contribution in [3.8, 4) is 0 Å². The van der Waals surface area contributed by atoms with Gasteiger partial charge in [-0.05, 0) is 24.5 Å². The minimum atomic E-state index is 0.223. The Kier molecular flexibility index (Phi) is 3.91. The van der Waals surface area contributed by atoms with Gasteiger partial charge in [-0.1, -0.05) is 11.6 Å². The van der Waals surface area contributed by atoms with Crippen LogP contribution in [-0.4, -0.2) is 23.4 Å². The maximum absolute atomic E-state index is 11.6. The van der Waals surface area contributed by atoms with Crippen molar-refractivity contribution in [3.63, 3.8) is 0 Å². The summed E-state index contributed by atoms with van der Waals surface area (Å²) < 4.78 is 0. The van der Waals surface area contributed by atoms with Crippen LogP contribution >= 0.6 is 11.6 Å². The molecule has 3 nitrogen and oxygen atoms in total. The number of Topliss-reactive ketones (excluding diaryl/α,β-unsaturated/α-hetero) is 1. The lowest BCUT2D eigenvalue weighted by Crippen LogP contribution is -2.20. The molecule has 1 aromatic heterocycles. The Balaban J connectivity index is 1.75. The summed E-state index contributed by atoms with van der Waals surface area (Å²) in [5, 5.41) is 3.90. The predicted octanol–water partition coefficient (Wildman–Crippen LogP) is 1.99. The number of aromatic nitrogens is 1. The monoisotopic (exact) mass is 238 g/mol. The molecule has 1 fully saturated rings. The summed E-state index contributed by atoms with van der Waals surface area (Å²) in [5.41, 5.74) is 0.869. The van der Waals surface area contributed by atoms with Crippen LogP contribution in [0.2, 0.25) is 5.02 Å². The summed E-state index contributed by atoms with van der Waals surface area (Å²) in [7, 11) is 0. The van der Waals surface area contributed by atoms with Gasteiger partial charge in [0.1, 0.15) is 5.78 Å². The first-order valence-electron chi connectivity index (χ1n) is 5.59. The van der Waals surface area contributed by atoms with Gasteiger partial charge < -0.3 is 5.32 Å². The van der Waals surface area contributed by atoms with E-state index in [2.05, 4.69) is 10.3 Å². The van der Waals surface area contributed by atoms with E-state index in [9.17, 15) is 4.79 Å². The quantitative estimate of drug-likeness (QED) is 0.824. The van der Waals surface area contributed by atoms with E-state index in [1.165, 1.54) is 12.8 Å². The zero-order valence-corrected chi connectivity index (χ0v) is 9.83. The maximum atomic E-state index is 11.6. The first-order chi connectivity index (χ1) is 7.75. The molecular weight excluding hydrogens is 224 g/mol. The number of ketones is 1. The number of carbonyl (C=O) groups is 1. The van der Waals surface area contributed by atoms with E-state index in [1.54, 1.807) is 18.5 Å². The predicted molar refractivity (Wildman–Crippen MR) is 63.6 cm³/mol. The molecule has 0 aromatic carbocycles. The summed E-state index contributed by atoms with van der Waals surface area (Å²) in [6.07, 6.45) is 6.74. The van der Waals surface area contributed by atoms with E-state index >= 15 is 0 Å². The molecule has 86 valence electrons. The minimum absolute atomic E-state index is 0.223. The molecule has 0 bridgehead atoms. The molecule has 0 aliphatic heterocycles. The van der Waals surface area contributed by atoms with Crippen LogP contribution in [0, 0.1) is 0 Å². The second kappa shape index (κ2) is 5.41. The Morgan fingerprint density at radius 1 is 1.56 bits per heavy atom. The molecule has 0 radical (unpaired) electrons. The molecule has 1 aromatic rings. The van der Waals surface area contributed by atoms with Gasteiger partial charge in [0.15, 0.2) is 0 Å². The first kappa shape index (κ1) is 11.6. The second-order valence-electron chi connectivity index (χ2n) is 4.16. The van der Waals surface area contributed by atoms with E-state index in [1.807, 2.05) is 0 Å². The first-order valence-corrected chi connectivity index (χ1v) is 5.97. The molecule has 0 saturated heterocycles. The highest BCUT2D eigenvalue weighted by molar-refractivity contribution is 6.31. The van der Waals surface area contributed by atoms with E-state index in [0.29, 0.717) is 23.9 Å². The van der Waals surface area contributed by atoms with Gasteiger partial charge in [-0.25, -0.2) is 0 Å². The Morgan fingerprint density at radius 3 is 3.06 bits per heavy atom. The van der Waals surface area contributed by atoms with Crippen LogP contribution in [0.25, 0.3) is 0 Å². The van der Waals surface area contributed by atoms with Crippen LogP contribution in [0.1, 0.15) is 24.8 Å². The number of nitrogens with one attached hydrogen (secondary N) is 1. The van der Waals surface area contributed by atoms with Crippen molar-refractivity contribution >= 4 is 17.4 Å². The largest absolute Gasteiger partial charge is 0.314 e. The van der Waals surface area contributed by atoms with Gasteiger partial charge in [-0.3, -0.25) is 9.78 Å². The summed E-state index contributed by atoms with van der Waals surface area (Å²) in [6.45, 7) is 0.784. The molecule has 1 N–H and O–H groups in total. The Bertz CT molecular complexity index is 377. The highest BCUT2D eigenvalue weighted by atomic mass is 35.5. The molecule has 1 aliphatic rings. The fourth-order valence-electron chi connectivity index (χ4n) is 1.55. The molecular formula is C12H15ClN2O. The van der Waals surface area contributed by atoms with Gasteiger partial charge in [0.25, 0.3) is 0 Å². The van der Waals surface area contributed by atoms with Gasteiger partial charge in [0, 0.05) is 37.8 Å². The second-order valence-corrected chi connectivity index (χ2v) is 4.57. The van der Waals surface area contributed by atoms with E-state index in [-0.39, 0.29) is 5.78 Å². The number of hydrogen-bond donors (Lipinski definition) is 1. The topological polar surface area (TPSA) is 42.0 Å². The number of carbonyl (C=O) groups excluding carboxylic acids is 1. The van der Waals surface area contributed by atoms with Crippen LogP contribution in [0.4, 0.5) is 0 Å². The van der Waals surface area contributed by atoms with E-state index in [4.69, 9.17) is 11.6 Å². The normalized spacial score (nSPS) is 15.1. The molecule has 2 rings (SSSR count). The summed E-state index contributed by atoms with van der Waals surface area (Å²) in [4.78, 5) is 15.5. The number of nitrogens with zero attached hydrogens (tertiary/aromatic N) is 1. The summed E-state index contributed by atoms with van der Waals surface area (Å²) >= 11 is 5.93. The van der Waals surface area contributed by atoms with Crippen LogP contribution < -0.4 is 5.32 Å². The average Bonchev–Trinajstić information content (AvgIpc) is 3.05. The molecule has 1 aliphatic carbocycles. The number of rotatable bonds is 6. The van der Waals surface area contributed by atoms with Crippen LogP contribution in [0.5, 0.6) is 0 Å². The van der Waals surface area contributed by atoms with Crippen molar-refractivity contribution in [1.82, 2.24) is 10.3 Å². The fraction of sp³-hybridized carbons (Fsp3) is 0.500. The number of pyridine rings is 1. The highest BCUT2D eigenvalue weighted by Gasteiger charge is 2.20. The molecule has 1 heterocycles. The van der Waals surface area contributed by atoms with E-state index in [0.717, 1.165) is 12.1 Å². The fourth-order valence-corrected chi connectivity index (χ4v) is 1.74. The molecule has 4 heteroatoms. The molecule has 0 spiro atoms. The summed E-state index contributed by atoms with van der Waals surface area (Å²) in [6, 6.07) is 2.46. The van der Waals surface area contributed by atoms with Gasteiger partial charge in [-0.2, -0.15) is 0 Å². The third-order valence-corrected chi connectivity index (χ3v) is 3.00. The zero-order chi connectivity index (χ0) is 11.4. The Hall–Kier alpha value is -0.930. The van der Waals surface area contributed by atoms with Crippen molar-refractivity contribution in [2.45, 2.75) is 31.7 Å². The molecule has 0 atom stereocenters. The van der Waals surface area contributed by atoms with Crippen molar-refractivity contribution in [1.29, 1.82) is 0 Å². The molecule has 1 saturated carbocycles. The maximum Gasteiger partial charge on any atom is 0.138 e. The lowest BCUT2D eigenvalue weighted by molar-refractivity contribution is -0.118. The molecule has 0 amide bonds. The molecule has 0 unspecified atom stereocenters. The summed E-state index contributed by atoms with van der Waals surface area (Å²) in [5.74, 6) is 0.223. The number of halogens is 1. The number of hydrogen-bond acceptors (Lipinski definition) is 3. The lowest BCUT2D eigenvalue weighted by Gasteiger charge is -2.04. The SMILES string of the molecule is O=C(CCNC1CC1)Cc1ccncc1Cl. The van der Waals surface area contributed by atoms with Gasteiger partial charge in [-0.15, -0.1) is 0 Å². The Labute approximate surface area is 100 Å².